The zero-order valence-corrected chi connectivity index (χ0v) is 6.33. The van der Waals surface area contributed by atoms with Gasteiger partial charge in [-0.05, 0) is 6.92 Å². The number of carbonyl (C=O) groups excluding carboxylic acids is 2. The Balaban J connectivity index is 2.85. The molecule has 1 heterocycles. The highest BCUT2D eigenvalue weighted by molar-refractivity contribution is 6.64. The second-order valence-corrected chi connectivity index (χ2v) is 1.96. The van der Waals surface area contributed by atoms with Crippen molar-refractivity contribution in [3.05, 3.63) is 0 Å². The quantitative estimate of drug-likeness (QED) is 0.475. The van der Waals surface area contributed by atoms with Crippen LogP contribution in [0.4, 0.5) is 0 Å². The van der Waals surface area contributed by atoms with Crippen LogP contribution in [0.25, 0.3) is 0 Å². The fraction of sp³-hybridized carbons (Fsp3) is 0.500. The summed E-state index contributed by atoms with van der Waals surface area (Å²) in [5.74, 6) is -1.42. The molecule has 0 atom stereocenters. The minimum Gasteiger partial charge on any atom is -0.477 e. The first-order valence-corrected chi connectivity index (χ1v) is 3.19. The van der Waals surface area contributed by atoms with Gasteiger partial charge in [0.2, 0.25) is 0 Å². The Morgan fingerprint density at radius 1 is 1.55 bits per heavy atom. The van der Waals surface area contributed by atoms with Gasteiger partial charge >= 0.3 is 11.7 Å². The predicted octanol–water partition coefficient (Wildman–Crippen LogP) is -0.623. The summed E-state index contributed by atoms with van der Waals surface area (Å²) in [5, 5.41) is 4.69. The van der Waals surface area contributed by atoms with Crippen molar-refractivity contribution in [1.29, 1.82) is 0 Å². The fourth-order valence-corrected chi connectivity index (χ4v) is 0.757. The van der Waals surface area contributed by atoms with Crippen molar-refractivity contribution >= 4 is 17.6 Å². The third-order valence-electron chi connectivity index (χ3n) is 1.33. The summed E-state index contributed by atoms with van der Waals surface area (Å²) in [4.78, 5) is 21.7. The molecule has 1 aliphatic rings. The molecular weight excluding hydrogens is 148 g/mol. The van der Waals surface area contributed by atoms with E-state index in [1.165, 1.54) is 7.11 Å². The molecule has 1 rings (SSSR count). The maximum absolute atomic E-state index is 10.9. The van der Waals surface area contributed by atoms with Crippen LogP contribution in [0.1, 0.15) is 6.92 Å². The van der Waals surface area contributed by atoms with Crippen molar-refractivity contribution in [2.45, 2.75) is 6.92 Å². The predicted molar refractivity (Wildman–Crippen MR) is 36.8 cm³/mol. The lowest BCUT2D eigenvalue weighted by Crippen LogP contribution is -2.27. The summed E-state index contributed by atoms with van der Waals surface area (Å²) in [6.45, 7) is 2.12. The van der Waals surface area contributed by atoms with Crippen LogP contribution in [-0.2, 0) is 14.3 Å². The molecule has 0 aliphatic carbocycles. The van der Waals surface area contributed by atoms with E-state index in [0.29, 0.717) is 6.54 Å². The first kappa shape index (κ1) is 7.71. The topological polar surface area (TPSA) is 59.0 Å². The van der Waals surface area contributed by atoms with Gasteiger partial charge in [-0.3, -0.25) is 9.59 Å². The van der Waals surface area contributed by atoms with Gasteiger partial charge < -0.3 is 4.74 Å². The van der Waals surface area contributed by atoms with Crippen LogP contribution in [0.3, 0.4) is 0 Å². The van der Waals surface area contributed by atoms with Gasteiger partial charge in [-0.2, -0.15) is 0 Å². The van der Waals surface area contributed by atoms with Crippen molar-refractivity contribution in [3.63, 3.8) is 0 Å². The summed E-state index contributed by atoms with van der Waals surface area (Å²) in [6.07, 6.45) is 0. The molecule has 0 spiro atoms. The van der Waals surface area contributed by atoms with Gasteiger partial charge in [0.05, 0.1) is 7.11 Å². The summed E-state index contributed by atoms with van der Waals surface area (Å²) in [6, 6.07) is 0. The molecule has 0 fully saturated rings. The standard InChI is InChI=1S/C6H8N2O3/c1-3-8-6(10)4(9)5(7-8)11-2/h3H2,1-2H3. The maximum Gasteiger partial charge on any atom is 0.320 e. The zero-order chi connectivity index (χ0) is 8.43. The molecule has 0 radical (unpaired) electrons. The summed E-state index contributed by atoms with van der Waals surface area (Å²) in [7, 11) is 1.31. The van der Waals surface area contributed by atoms with Crippen LogP contribution >= 0.6 is 0 Å². The smallest absolute Gasteiger partial charge is 0.320 e. The SMILES string of the molecule is CCN1N=C(OC)C(=O)C1=O. The normalized spacial score (nSPS) is 17.3. The molecule has 1 aliphatic heterocycles. The number of hydrogen-bond donors (Lipinski definition) is 0. The van der Waals surface area contributed by atoms with E-state index in [0.717, 1.165) is 5.01 Å². The second kappa shape index (κ2) is 2.69. The molecule has 5 heteroatoms. The number of rotatable bonds is 1. The van der Waals surface area contributed by atoms with Gasteiger partial charge in [0.15, 0.2) is 0 Å². The number of carbonyl (C=O) groups is 2. The Labute approximate surface area is 63.6 Å². The number of methoxy groups -OCH3 is 1. The molecule has 60 valence electrons. The van der Waals surface area contributed by atoms with Crippen molar-refractivity contribution < 1.29 is 14.3 Å². The van der Waals surface area contributed by atoms with Crippen LogP contribution in [0.15, 0.2) is 5.10 Å². The summed E-state index contributed by atoms with van der Waals surface area (Å²) in [5.41, 5.74) is 0. The van der Waals surface area contributed by atoms with Crippen molar-refractivity contribution in [2.75, 3.05) is 13.7 Å². The summed E-state index contributed by atoms with van der Waals surface area (Å²) < 4.78 is 4.56. The number of ketones is 1. The zero-order valence-electron chi connectivity index (χ0n) is 6.33. The van der Waals surface area contributed by atoms with Gasteiger partial charge in [0, 0.05) is 6.54 Å². The number of amides is 1. The highest BCUT2D eigenvalue weighted by Gasteiger charge is 2.33. The van der Waals surface area contributed by atoms with E-state index >= 15 is 0 Å². The van der Waals surface area contributed by atoms with E-state index < -0.39 is 11.7 Å². The van der Waals surface area contributed by atoms with E-state index in [4.69, 9.17) is 0 Å². The fourth-order valence-electron chi connectivity index (χ4n) is 0.757. The molecule has 0 N–H and O–H groups in total. The third kappa shape index (κ3) is 1.09. The minimum absolute atomic E-state index is 0.128. The number of nitrogens with zero attached hydrogens (tertiary/aromatic N) is 2. The Morgan fingerprint density at radius 2 is 2.18 bits per heavy atom. The monoisotopic (exact) mass is 156 g/mol. The molecule has 0 unspecified atom stereocenters. The van der Waals surface area contributed by atoms with Crippen molar-refractivity contribution in [2.24, 2.45) is 5.10 Å². The number of Topliss-reactive ketones (excluding diaryl/α,β-unsaturated/α-hetero) is 1. The Morgan fingerprint density at radius 3 is 2.45 bits per heavy atom. The van der Waals surface area contributed by atoms with E-state index in [2.05, 4.69) is 9.84 Å². The van der Waals surface area contributed by atoms with E-state index in [1.54, 1.807) is 6.92 Å². The lowest BCUT2D eigenvalue weighted by atomic mass is 10.4. The lowest BCUT2D eigenvalue weighted by molar-refractivity contribution is -0.139. The minimum atomic E-state index is -0.672. The molecule has 0 saturated carbocycles. The Bertz CT molecular complexity index is 234. The average Bonchev–Trinajstić information content (AvgIpc) is 2.30. The van der Waals surface area contributed by atoms with Gasteiger partial charge in [0.1, 0.15) is 0 Å². The van der Waals surface area contributed by atoms with E-state index in [9.17, 15) is 9.59 Å². The van der Waals surface area contributed by atoms with Gasteiger partial charge in [-0.1, -0.05) is 0 Å². The van der Waals surface area contributed by atoms with Crippen molar-refractivity contribution in [1.82, 2.24) is 5.01 Å². The average molecular weight is 156 g/mol. The van der Waals surface area contributed by atoms with Crippen LogP contribution in [0.5, 0.6) is 0 Å². The maximum atomic E-state index is 10.9. The molecular formula is C6H8N2O3. The highest BCUT2D eigenvalue weighted by atomic mass is 16.5. The summed E-state index contributed by atoms with van der Waals surface area (Å²) >= 11 is 0. The molecule has 11 heavy (non-hydrogen) atoms. The van der Waals surface area contributed by atoms with Crippen LogP contribution < -0.4 is 0 Å². The number of hydrogen-bond acceptors (Lipinski definition) is 4. The first-order valence-electron chi connectivity index (χ1n) is 3.19. The molecule has 0 aromatic rings. The molecule has 0 aromatic heterocycles. The van der Waals surface area contributed by atoms with Gasteiger partial charge in [-0.25, -0.2) is 5.01 Å². The van der Waals surface area contributed by atoms with Crippen LogP contribution in [0, 0.1) is 0 Å². The highest BCUT2D eigenvalue weighted by Crippen LogP contribution is 2.03. The van der Waals surface area contributed by atoms with Crippen molar-refractivity contribution in [3.8, 4) is 0 Å². The molecule has 0 bridgehead atoms. The number of likely N-dealkylation sites (N-methyl/N-ethyl adjacent to an activating group) is 1. The molecule has 0 aromatic carbocycles. The first-order chi connectivity index (χ1) is 5.20. The molecule has 5 nitrogen and oxygen atoms in total. The van der Waals surface area contributed by atoms with Crippen LogP contribution in [-0.4, -0.2) is 36.3 Å². The molecule has 1 amide bonds. The van der Waals surface area contributed by atoms with E-state index in [-0.39, 0.29) is 5.90 Å². The van der Waals surface area contributed by atoms with Gasteiger partial charge in [-0.15, -0.1) is 5.10 Å². The lowest BCUT2D eigenvalue weighted by Gasteiger charge is -2.03. The Hall–Kier alpha value is -1.39. The number of ether oxygens (including phenoxy) is 1. The number of hydrazone groups is 1. The Kier molecular flexibility index (Phi) is 1.89. The van der Waals surface area contributed by atoms with Gasteiger partial charge in [0.25, 0.3) is 5.90 Å². The van der Waals surface area contributed by atoms with Crippen LogP contribution in [0.2, 0.25) is 0 Å². The second-order valence-electron chi connectivity index (χ2n) is 1.96. The van der Waals surface area contributed by atoms with E-state index in [1.807, 2.05) is 0 Å². The third-order valence-corrected chi connectivity index (χ3v) is 1.33. The largest absolute Gasteiger partial charge is 0.477 e. The molecule has 0 saturated heterocycles.